The molecule has 0 radical (unpaired) electrons. The Morgan fingerprint density at radius 2 is 2.31 bits per heavy atom. The van der Waals surface area contributed by atoms with E-state index < -0.39 is 0 Å². The number of carbonyl (C=O) groups excluding carboxylic acids is 1. The lowest BCUT2D eigenvalue weighted by atomic mass is 10.1. The van der Waals surface area contributed by atoms with Gasteiger partial charge in [0.25, 0.3) is 0 Å². The molecule has 4 heteroatoms. The first-order valence-electron chi connectivity index (χ1n) is 5.50. The van der Waals surface area contributed by atoms with Crippen LogP contribution in [0, 0.1) is 5.92 Å². The molecule has 1 aliphatic heterocycles. The summed E-state index contributed by atoms with van der Waals surface area (Å²) in [6, 6.07) is 5.94. The molecule has 4 N–H and O–H groups in total. The van der Waals surface area contributed by atoms with E-state index >= 15 is 0 Å². The van der Waals surface area contributed by atoms with Gasteiger partial charge in [0.15, 0.2) is 0 Å². The molecule has 1 unspecified atom stereocenters. The number of hydrogen-bond donors (Lipinski definition) is 2. The van der Waals surface area contributed by atoms with E-state index in [1.54, 1.807) is 0 Å². The molecule has 0 aliphatic carbocycles. The standard InChI is InChI=1S/C12H17N3O/c1-8(12(14)16)7-15-5-4-9-2-3-10(13)6-11(9)15/h2-3,6,8H,4-5,7,13H2,1H3,(H2,14,16). The Morgan fingerprint density at radius 3 is 3.00 bits per heavy atom. The fourth-order valence-corrected chi connectivity index (χ4v) is 2.07. The summed E-state index contributed by atoms with van der Waals surface area (Å²) in [5.41, 5.74) is 14.2. The average molecular weight is 219 g/mol. The highest BCUT2D eigenvalue weighted by atomic mass is 16.1. The predicted molar refractivity (Wildman–Crippen MR) is 65.1 cm³/mol. The lowest BCUT2D eigenvalue weighted by Crippen LogP contribution is -2.33. The predicted octanol–water partition coefficient (Wildman–Crippen LogP) is 0.753. The van der Waals surface area contributed by atoms with Gasteiger partial charge < -0.3 is 16.4 Å². The maximum Gasteiger partial charge on any atom is 0.222 e. The first-order chi connectivity index (χ1) is 7.58. The quantitative estimate of drug-likeness (QED) is 0.737. The number of anilines is 2. The van der Waals surface area contributed by atoms with Crippen LogP contribution in [-0.4, -0.2) is 19.0 Å². The summed E-state index contributed by atoms with van der Waals surface area (Å²) in [5.74, 6) is -0.385. The molecule has 1 atom stereocenters. The summed E-state index contributed by atoms with van der Waals surface area (Å²) >= 11 is 0. The van der Waals surface area contributed by atoms with Gasteiger partial charge in [-0.25, -0.2) is 0 Å². The molecule has 1 heterocycles. The van der Waals surface area contributed by atoms with Gasteiger partial charge in [-0.2, -0.15) is 0 Å². The molecular weight excluding hydrogens is 202 g/mol. The second-order valence-electron chi connectivity index (χ2n) is 4.39. The topological polar surface area (TPSA) is 72.3 Å². The van der Waals surface area contributed by atoms with Crippen molar-refractivity contribution in [3.8, 4) is 0 Å². The molecule has 16 heavy (non-hydrogen) atoms. The number of nitrogens with two attached hydrogens (primary N) is 2. The summed E-state index contributed by atoms with van der Waals surface area (Å²) in [6.45, 7) is 3.47. The van der Waals surface area contributed by atoms with Crippen molar-refractivity contribution in [2.45, 2.75) is 13.3 Å². The lowest BCUT2D eigenvalue weighted by molar-refractivity contribution is -0.121. The van der Waals surface area contributed by atoms with Crippen molar-refractivity contribution in [1.82, 2.24) is 0 Å². The van der Waals surface area contributed by atoms with Crippen molar-refractivity contribution in [2.75, 3.05) is 23.7 Å². The summed E-state index contributed by atoms with van der Waals surface area (Å²) in [5, 5.41) is 0. The van der Waals surface area contributed by atoms with E-state index in [1.807, 2.05) is 19.1 Å². The van der Waals surface area contributed by atoms with Gasteiger partial charge in [-0.15, -0.1) is 0 Å². The number of amides is 1. The van der Waals surface area contributed by atoms with Gasteiger partial charge in [-0.05, 0) is 24.1 Å². The van der Waals surface area contributed by atoms with E-state index in [-0.39, 0.29) is 11.8 Å². The Hall–Kier alpha value is -1.71. The van der Waals surface area contributed by atoms with Crippen molar-refractivity contribution in [1.29, 1.82) is 0 Å². The van der Waals surface area contributed by atoms with Crippen LogP contribution < -0.4 is 16.4 Å². The highest BCUT2D eigenvalue weighted by Gasteiger charge is 2.22. The molecule has 0 saturated carbocycles. The summed E-state index contributed by atoms with van der Waals surface area (Å²) in [4.78, 5) is 13.2. The minimum absolute atomic E-state index is 0.132. The van der Waals surface area contributed by atoms with Crippen LogP contribution in [0.4, 0.5) is 11.4 Å². The Bertz CT molecular complexity index is 417. The second kappa shape index (κ2) is 4.04. The molecule has 0 saturated heterocycles. The van der Waals surface area contributed by atoms with Crippen LogP contribution in [-0.2, 0) is 11.2 Å². The molecule has 1 aliphatic rings. The maximum absolute atomic E-state index is 11.0. The highest BCUT2D eigenvalue weighted by Crippen LogP contribution is 2.30. The van der Waals surface area contributed by atoms with E-state index in [2.05, 4.69) is 11.0 Å². The molecule has 0 spiro atoms. The average Bonchev–Trinajstić information content (AvgIpc) is 2.61. The van der Waals surface area contributed by atoms with Crippen molar-refractivity contribution < 1.29 is 4.79 Å². The normalized spacial score (nSPS) is 15.9. The van der Waals surface area contributed by atoms with Crippen LogP contribution in [0.1, 0.15) is 12.5 Å². The van der Waals surface area contributed by atoms with Gasteiger partial charge >= 0.3 is 0 Å². The highest BCUT2D eigenvalue weighted by molar-refractivity contribution is 5.77. The number of carbonyl (C=O) groups is 1. The summed E-state index contributed by atoms with van der Waals surface area (Å²) in [7, 11) is 0. The maximum atomic E-state index is 11.0. The zero-order chi connectivity index (χ0) is 11.7. The van der Waals surface area contributed by atoms with E-state index in [1.165, 1.54) is 5.56 Å². The number of rotatable bonds is 3. The van der Waals surface area contributed by atoms with Crippen LogP contribution >= 0.6 is 0 Å². The molecule has 0 aromatic heterocycles. The van der Waals surface area contributed by atoms with Gasteiger partial charge in [0.2, 0.25) is 5.91 Å². The smallest absolute Gasteiger partial charge is 0.222 e. The SMILES string of the molecule is CC(CN1CCc2ccc(N)cc21)C(N)=O. The number of nitrogens with zero attached hydrogens (tertiary/aromatic N) is 1. The van der Waals surface area contributed by atoms with Gasteiger partial charge in [-0.3, -0.25) is 4.79 Å². The fourth-order valence-electron chi connectivity index (χ4n) is 2.07. The first kappa shape index (κ1) is 10.8. The molecule has 2 rings (SSSR count). The monoisotopic (exact) mass is 219 g/mol. The zero-order valence-corrected chi connectivity index (χ0v) is 9.44. The van der Waals surface area contributed by atoms with Crippen LogP contribution in [0.3, 0.4) is 0 Å². The number of fused-ring (bicyclic) bond motifs is 1. The lowest BCUT2D eigenvalue weighted by Gasteiger charge is -2.22. The molecule has 4 nitrogen and oxygen atoms in total. The Kier molecular flexibility index (Phi) is 2.73. The molecule has 1 aromatic rings. The van der Waals surface area contributed by atoms with Crippen LogP contribution in [0.5, 0.6) is 0 Å². The minimum Gasteiger partial charge on any atom is -0.399 e. The van der Waals surface area contributed by atoms with Crippen molar-refractivity contribution in [3.05, 3.63) is 23.8 Å². The third-order valence-electron chi connectivity index (χ3n) is 3.08. The van der Waals surface area contributed by atoms with Gasteiger partial charge in [-0.1, -0.05) is 13.0 Å². The zero-order valence-electron chi connectivity index (χ0n) is 9.44. The van der Waals surface area contributed by atoms with E-state index in [9.17, 15) is 4.79 Å². The Balaban J connectivity index is 2.17. The first-order valence-corrected chi connectivity index (χ1v) is 5.50. The molecule has 86 valence electrons. The number of benzene rings is 1. The second-order valence-corrected chi connectivity index (χ2v) is 4.39. The van der Waals surface area contributed by atoms with Crippen molar-refractivity contribution >= 4 is 17.3 Å². The number of hydrogen-bond acceptors (Lipinski definition) is 3. The molecule has 1 aromatic carbocycles. The van der Waals surface area contributed by atoms with Crippen LogP contribution in [0.25, 0.3) is 0 Å². The Labute approximate surface area is 95.2 Å². The summed E-state index contributed by atoms with van der Waals surface area (Å²) in [6.07, 6.45) is 1.01. The minimum atomic E-state index is -0.252. The molecule has 0 fully saturated rings. The molecule has 1 amide bonds. The number of primary amides is 1. The van der Waals surface area contributed by atoms with Crippen molar-refractivity contribution in [3.63, 3.8) is 0 Å². The van der Waals surface area contributed by atoms with Gasteiger partial charge in [0, 0.05) is 24.5 Å². The molecule has 0 bridgehead atoms. The molecular formula is C12H17N3O. The fraction of sp³-hybridized carbons (Fsp3) is 0.417. The number of nitrogen functional groups attached to an aromatic ring is 1. The van der Waals surface area contributed by atoms with Crippen LogP contribution in [0.2, 0.25) is 0 Å². The van der Waals surface area contributed by atoms with Gasteiger partial charge in [0.05, 0.1) is 5.92 Å². The third-order valence-corrected chi connectivity index (χ3v) is 3.08. The van der Waals surface area contributed by atoms with E-state index in [4.69, 9.17) is 11.5 Å². The third kappa shape index (κ3) is 1.96. The van der Waals surface area contributed by atoms with Crippen molar-refractivity contribution in [2.24, 2.45) is 11.7 Å². The van der Waals surface area contributed by atoms with Crippen LogP contribution in [0.15, 0.2) is 18.2 Å². The van der Waals surface area contributed by atoms with Gasteiger partial charge in [0.1, 0.15) is 0 Å². The largest absolute Gasteiger partial charge is 0.399 e. The van der Waals surface area contributed by atoms with E-state index in [0.29, 0.717) is 6.54 Å². The van der Waals surface area contributed by atoms with E-state index in [0.717, 1.165) is 24.3 Å². The summed E-state index contributed by atoms with van der Waals surface area (Å²) < 4.78 is 0. The Morgan fingerprint density at radius 1 is 1.56 bits per heavy atom.